The minimum atomic E-state index is -0.384. The second kappa shape index (κ2) is 8.29. The van der Waals surface area contributed by atoms with Gasteiger partial charge in [0.25, 0.3) is 0 Å². The van der Waals surface area contributed by atoms with Crippen LogP contribution in [-0.4, -0.2) is 31.2 Å². The minimum absolute atomic E-state index is 0.0240. The molecule has 1 aromatic carbocycles. The molecule has 2 aromatic rings. The van der Waals surface area contributed by atoms with Gasteiger partial charge in [0.1, 0.15) is 5.92 Å². The Balaban J connectivity index is 2.23. The van der Waals surface area contributed by atoms with E-state index < -0.39 is 0 Å². The standard InChI is InChI=1S/C18H22N2O2/c1-14-8-3-4-9-15(14)17(16-10-5-6-11-19-16)18(21)20-12-7-13-22-2/h3-6,8-11,17H,7,12-13H2,1-2H3,(H,20,21). The number of carbonyl (C=O) groups excluding carboxylic acids is 1. The smallest absolute Gasteiger partial charge is 0.233 e. The summed E-state index contributed by atoms with van der Waals surface area (Å²) in [6.07, 6.45) is 2.52. The summed E-state index contributed by atoms with van der Waals surface area (Å²) in [5.41, 5.74) is 2.84. The second-order valence-electron chi connectivity index (χ2n) is 5.18. The summed E-state index contributed by atoms with van der Waals surface area (Å²) < 4.78 is 5.01. The van der Waals surface area contributed by atoms with Gasteiger partial charge in [0, 0.05) is 26.5 Å². The van der Waals surface area contributed by atoms with Crippen molar-refractivity contribution in [3.63, 3.8) is 0 Å². The number of nitrogens with one attached hydrogen (secondary N) is 1. The molecule has 1 N–H and O–H groups in total. The largest absolute Gasteiger partial charge is 0.385 e. The molecule has 0 saturated carbocycles. The predicted octanol–water partition coefficient (Wildman–Crippen LogP) is 2.67. The number of benzene rings is 1. The minimum Gasteiger partial charge on any atom is -0.385 e. The lowest BCUT2D eigenvalue weighted by atomic mass is 9.91. The summed E-state index contributed by atoms with van der Waals surface area (Å²) in [6.45, 7) is 3.25. The van der Waals surface area contributed by atoms with Crippen molar-refractivity contribution in [3.8, 4) is 0 Å². The van der Waals surface area contributed by atoms with Crippen LogP contribution in [0.5, 0.6) is 0 Å². The molecule has 4 nitrogen and oxygen atoms in total. The summed E-state index contributed by atoms with van der Waals surface area (Å²) in [7, 11) is 1.66. The lowest BCUT2D eigenvalue weighted by Crippen LogP contribution is -2.32. The Bertz CT molecular complexity index is 599. The third-order valence-corrected chi connectivity index (χ3v) is 3.57. The number of aryl methyl sites for hydroxylation is 1. The SMILES string of the molecule is COCCCNC(=O)C(c1ccccn1)c1ccccc1C. The quantitative estimate of drug-likeness (QED) is 0.800. The Kier molecular flexibility index (Phi) is 6.10. The Morgan fingerprint density at radius 2 is 2.00 bits per heavy atom. The van der Waals surface area contributed by atoms with E-state index in [2.05, 4.69) is 10.3 Å². The molecule has 1 amide bonds. The van der Waals surface area contributed by atoms with Crippen LogP contribution in [0.1, 0.15) is 29.2 Å². The van der Waals surface area contributed by atoms with Crippen molar-refractivity contribution in [1.82, 2.24) is 10.3 Å². The Labute approximate surface area is 131 Å². The van der Waals surface area contributed by atoms with Gasteiger partial charge in [-0.3, -0.25) is 9.78 Å². The highest BCUT2D eigenvalue weighted by atomic mass is 16.5. The van der Waals surface area contributed by atoms with Gasteiger partial charge in [-0.05, 0) is 36.6 Å². The molecule has 0 aliphatic rings. The summed E-state index contributed by atoms with van der Waals surface area (Å²) in [6, 6.07) is 13.6. The lowest BCUT2D eigenvalue weighted by molar-refractivity contribution is -0.121. The fourth-order valence-electron chi connectivity index (χ4n) is 2.42. The first kappa shape index (κ1) is 16.2. The number of methoxy groups -OCH3 is 1. The predicted molar refractivity (Wildman–Crippen MR) is 86.8 cm³/mol. The lowest BCUT2D eigenvalue weighted by Gasteiger charge is -2.18. The maximum Gasteiger partial charge on any atom is 0.233 e. The highest BCUT2D eigenvalue weighted by Gasteiger charge is 2.24. The van der Waals surface area contributed by atoms with Crippen molar-refractivity contribution in [3.05, 3.63) is 65.5 Å². The van der Waals surface area contributed by atoms with E-state index in [0.29, 0.717) is 13.2 Å². The van der Waals surface area contributed by atoms with Crippen molar-refractivity contribution in [2.24, 2.45) is 0 Å². The molecule has 22 heavy (non-hydrogen) atoms. The molecule has 0 aliphatic heterocycles. The Morgan fingerprint density at radius 1 is 1.23 bits per heavy atom. The normalized spacial score (nSPS) is 11.9. The van der Waals surface area contributed by atoms with Gasteiger partial charge >= 0.3 is 0 Å². The van der Waals surface area contributed by atoms with E-state index in [1.807, 2.05) is 49.4 Å². The molecule has 1 atom stereocenters. The average Bonchev–Trinajstić information content (AvgIpc) is 2.55. The van der Waals surface area contributed by atoms with E-state index in [1.54, 1.807) is 13.3 Å². The summed E-state index contributed by atoms with van der Waals surface area (Å²) in [4.78, 5) is 17.0. The fourth-order valence-corrected chi connectivity index (χ4v) is 2.42. The van der Waals surface area contributed by atoms with E-state index >= 15 is 0 Å². The molecule has 4 heteroatoms. The Hall–Kier alpha value is -2.20. The van der Waals surface area contributed by atoms with Crippen LogP contribution in [0.15, 0.2) is 48.7 Å². The fraction of sp³-hybridized carbons (Fsp3) is 0.333. The summed E-state index contributed by atoms with van der Waals surface area (Å²) in [5, 5.41) is 2.98. The van der Waals surface area contributed by atoms with Gasteiger partial charge in [-0.25, -0.2) is 0 Å². The van der Waals surface area contributed by atoms with E-state index in [0.717, 1.165) is 23.2 Å². The first-order valence-electron chi connectivity index (χ1n) is 7.47. The van der Waals surface area contributed by atoms with Crippen molar-refractivity contribution in [2.45, 2.75) is 19.3 Å². The zero-order valence-electron chi connectivity index (χ0n) is 13.1. The van der Waals surface area contributed by atoms with Crippen LogP contribution >= 0.6 is 0 Å². The molecule has 0 spiro atoms. The van der Waals surface area contributed by atoms with Crippen LogP contribution in [0.2, 0.25) is 0 Å². The van der Waals surface area contributed by atoms with Crippen molar-refractivity contribution < 1.29 is 9.53 Å². The second-order valence-corrected chi connectivity index (χ2v) is 5.18. The zero-order valence-corrected chi connectivity index (χ0v) is 13.1. The van der Waals surface area contributed by atoms with Gasteiger partial charge in [-0.1, -0.05) is 30.3 Å². The third kappa shape index (κ3) is 4.15. The van der Waals surface area contributed by atoms with Crippen molar-refractivity contribution >= 4 is 5.91 Å². The van der Waals surface area contributed by atoms with E-state index in [-0.39, 0.29) is 11.8 Å². The first-order chi connectivity index (χ1) is 10.7. The number of rotatable bonds is 7. The van der Waals surface area contributed by atoms with Crippen LogP contribution in [0, 0.1) is 6.92 Å². The van der Waals surface area contributed by atoms with E-state index in [9.17, 15) is 4.79 Å². The molecule has 0 aliphatic carbocycles. The van der Waals surface area contributed by atoms with Crippen LogP contribution < -0.4 is 5.32 Å². The first-order valence-corrected chi connectivity index (χ1v) is 7.47. The maximum atomic E-state index is 12.7. The van der Waals surface area contributed by atoms with Gasteiger partial charge in [0.2, 0.25) is 5.91 Å². The molecule has 116 valence electrons. The van der Waals surface area contributed by atoms with E-state index in [4.69, 9.17) is 4.74 Å². The number of aromatic nitrogens is 1. The number of nitrogens with zero attached hydrogens (tertiary/aromatic N) is 1. The monoisotopic (exact) mass is 298 g/mol. The van der Waals surface area contributed by atoms with Gasteiger partial charge < -0.3 is 10.1 Å². The third-order valence-electron chi connectivity index (χ3n) is 3.57. The summed E-state index contributed by atoms with van der Waals surface area (Å²) >= 11 is 0. The number of hydrogen-bond donors (Lipinski definition) is 1. The van der Waals surface area contributed by atoms with Gasteiger partial charge in [-0.2, -0.15) is 0 Å². The molecule has 1 heterocycles. The molecule has 1 unspecified atom stereocenters. The topological polar surface area (TPSA) is 51.2 Å². The average molecular weight is 298 g/mol. The number of carbonyl (C=O) groups is 1. The van der Waals surface area contributed by atoms with Gasteiger partial charge in [0.15, 0.2) is 0 Å². The molecule has 0 saturated heterocycles. The molecule has 2 rings (SSSR count). The van der Waals surface area contributed by atoms with Crippen LogP contribution in [0.25, 0.3) is 0 Å². The highest BCUT2D eigenvalue weighted by Crippen LogP contribution is 2.26. The molecular weight excluding hydrogens is 276 g/mol. The van der Waals surface area contributed by atoms with E-state index in [1.165, 1.54) is 0 Å². The van der Waals surface area contributed by atoms with Gasteiger partial charge in [0.05, 0.1) is 5.69 Å². The van der Waals surface area contributed by atoms with Gasteiger partial charge in [-0.15, -0.1) is 0 Å². The molecule has 0 fully saturated rings. The number of ether oxygens (including phenoxy) is 1. The van der Waals surface area contributed by atoms with Crippen LogP contribution in [0.4, 0.5) is 0 Å². The molecular formula is C18H22N2O2. The molecule has 0 bridgehead atoms. The van der Waals surface area contributed by atoms with Crippen LogP contribution in [-0.2, 0) is 9.53 Å². The van der Waals surface area contributed by atoms with Crippen molar-refractivity contribution in [2.75, 3.05) is 20.3 Å². The zero-order chi connectivity index (χ0) is 15.8. The van der Waals surface area contributed by atoms with Crippen LogP contribution in [0.3, 0.4) is 0 Å². The number of pyridine rings is 1. The number of hydrogen-bond acceptors (Lipinski definition) is 3. The number of amides is 1. The summed E-state index contributed by atoms with van der Waals surface area (Å²) in [5.74, 6) is -0.408. The Morgan fingerprint density at radius 3 is 2.68 bits per heavy atom. The van der Waals surface area contributed by atoms with Crippen molar-refractivity contribution in [1.29, 1.82) is 0 Å². The molecule has 1 aromatic heterocycles. The molecule has 0 radical (unpaired) electrons. The maximum absolute atomic E-state index is 12.7. The highest BCUT2D eigenvalue weighted by molar-refractivity contribution is 5.87.